The van der Waals surface area contributed by atoms with Crippen LogP contribution in [0, 0.1) is 0 Å². The van der Waals surface area contributed by atoms with Crippen LogP contribution in [0.3, 0.4) is 0 Å². The van der Waals surface area contributed by atoms with Crippen LogP contribution in [0.15, 0.2) is 0 Å². The fraction of sp³-hybridized carbons (Fsp3) is 1.00. The average molecular weight is 559 g/mol. The van der Waals surface area contributed by atoms with Gasteiger partial charge in [0.25, 0.3) is 0 Å². The number of likely N-dealkylation sites (N-methyl/N-ethyl adjacent to an activating group) is 2. The maximum absolute atomic E-state index is 11.1. The van der Waals surface area contributed by atoms with Gasteiger partial charge in [-0.3, -0.25) is 0 Å². The van der Waals surface area contributed by atoms with Crippen LogP contribution in [0.4, 0.5) is 0 Å². The molecule has 13 atom stereocenters. The highest BCUT2D eigenvalue weighted by atomic mass is 79.9. The number of aliphatic hydroxyl groups is 3. The standard InChI is InChI=1S/C21H43N5O7.BrH/c1-9(25-3)13-6-5-10(22)19(31-13)32-16-11(23)7-12(24)17(14(16)27)33-20-15(28)18(26-4)21(2,29)8-30-20;/h9-20,25-29H,5-8,22-24H2,1-4H3;1H/t9-,10-,11+,12-,13+,14-,15-,16-,17+,18-,19-,20-,21+;/m1./s1. The van der Waals surface area contributed by atoms with Crippen LogP contribution in [0.1, 0.15) is 33.1 Å². The Morgan fingerprint density at radius 1 is 0.971 bits per heavy atom. The van der Waals surface area contributed by atoms with E-state index in [0.717, 1.165) is 6.42 Å². The summed E-state index contributed by atoms with van der Waals surface area (Å²) >= 11 is 0. The number of nitrogens with one attached hydrogen (secondary N) is 2. The summed E-state index contributed by atoms with van der Waals surface area (Å²) in [5.74, 6) is 0. The summed E-state index contributed by atoms with van der Waals surface area (Å²) < 4.78 is 23.7. The van der Waals surface area contributed by atoms with Gasteiger partial charge in [0.15, 0.2) is 12.6 Å². The van der Waals surface area contributed by atoms with Crippen molar-refractivity contribution in [2.75, 3.05) is 20.7 Å². The number of aliphatic hydroxyl groups excluding tert-OH is 2. The van der Waals surface area contributed by atoms with Gasteiger partial charge < -0.3 is 62.1 Å². The van der Waals surface area contributed by atoms with Gasteiger partial charge in [-0.05, 0) is 47.2 Å². The molecule has 13 heteroatoms. The number of halogens is 1. The van der Waals surface area contributed by atoms with Gasteiger partial charge >= 0.3 is 0 Å². The second kappa shape index (κ2) is 12.5. The molecule has 12 nitrogen and oxygen atoms in total. The number of rotatable bonds is 7. The summed E-state index contributed by atoms with van der Waals surface area (Å²) in [6.45, 7) is 3.52. The Hall–Kier alpha value is 0.0000000000000000416. The molecule has 0 amide bonds. The zero-order valence-electron chi connectivity index (χ0n) is 20.4. The van der Waals surface area contributed by atoms with E-state index < -0.39 is 60.7 Å². The monoisotopic (exact) mass is 557 g/mol. The third kappa shape index (κ3) is 6.46. The summed E-state index contributed by atoms with van der Waals surface area (Å²) in [4.78, 5) is 0. The molecule has 202 valence electrons. The Labute approximate surface area is 211 Å². The summed E-state index contributed by atoms with van der Waals surface area (Å²) in [7, 11) is 3.49. The Kier molecular flexibility index (Phi) is 11.1. The van der Waals surface area contributed by atoms with Crippen molar-refractivity contribution in [1.82, 2.24) is 10.6 Å². The van der Waals surface area contributed by atoms with Crippen LogP contribution in [-0.4, -0.2) is 115 Å². The fourth-order valence-electron chi connectivity index (χ4n) is 5.04. The molecule has 34 heavy (non-hydrogen) atoms. The molecule has 0 radical (unpaired) electrons. The molecule has 1 aliphatic carbocycles. The molecule has 1 saturated carbocycles. The average Bonchev–Trinajstić information content (AvgIpc) is 2.76. The smallest absolute Gasteiger partial charge is 0.185 e. The summed E-state index contributed by atoms with van der Waals surface area (Å²) in [5.41, 5.74) is 17.5. The van der Waals surface area contributed by atoms with Gasteiger partial charge in [0.05, 0.1) is 24.8 Å². The Balaban J connectivity index is 0.00000408. The van der Waals surface area contributed by atoms with Gasteiger partial charge in [0.1, 0.15) is 30.0 Å². The Morgan fingerprint density at radius 2 is 1.56 bits per heavy atom. The van der Waals surface area contributed by atoms with E-state index in [4.69, 9.17) is 36.1 Å². The van der Waals surface area contributed by atoms with E-state index in [2.05, 4.69) is 10.6 Å². The summed E-state index contributed by atoms with van der Waals surface area (Å²) in [6, 6.07) is -2.11. The molecular weight excluding hydrogens is 514 g/mol. The minimum Gasteiger partial charge on any atom is -0.388 e. The predicted molar refractivity (Wildman–Crippen MR) is 130 cm³/mol. The van der Waals surface area contributed by atoms with Crippen molar-refractivity contribution in [2.24, 2.45) is 17.2 Å². The third-order valence-corrected chi connectivity index (χ3v) is 7.24. The van der Waals surface area contributed by atoms with E-state index in [0.29, 0.717) is 12.8 Å². The Morgan fingerprint density at radius 3 is 2.12 bits per heavy atom. The van der Waals surface area contributed by atoms with E-state index in [1.807, 2.05) is 14.0 Å². The molecule has 0 aromatic heterocycles. The van der Waals surface area contributed by atoms with Crippen LogP contribution in [-0.2, 0) is 18.9 Å². The van der Waals surface area contributed by atoms with Crippen LogP contribution in [0.25, 0.3) is 0 Å². The van der Waals surface area contributed by atoms with E-state index in [1.165, 1.54) is 0 Å². The fourth-order valence-corrected chi connectivity index (χ4v) is 5.04. The molecule has 2 saturated heterocycles. The number of hydrogen-bond donors (Lipinski definition) is 8. The summed E-state index contributed by atoms with van der Waals surface area (Å²) in [5, 5.41) is 38.3. The van der Waals surface area contributed by atoms with E-state index >= 15 is 0 Å². The molecule has 0 aromatic rings. The van der Waals surface area contributed by atoms with Gasteiger partial charge in [-0.25, -0.2) is 0 Å². The maximum atomic E-state index is 11.1. The zero-order valence-corrected chi connectivity index (χ0v) is 22.1. The zero-order chi connectivity index (χ0) is 24.5. The molecular formula is C21H44BrN5O7. The minimum atomic E-state index is -1.29. The van der Waals surface area contributed by atoms with E-state index in [1.54, 1.807) is 14.0 Å². The SMILES string of the molecule is Br.CN[C@@H]1[C@@H](O)[C@@H](O[C@@H]2[C@H](O)[C@H](O[C@H]3O[C@H]([C@@H](C)NC)CC[C@H]3N)[C@@H](N)C[C@H]2N)OC[C@]1(C)O. The first-order valence-corrected chi connectivity index (χ1v) is 11.8. The topological polar surface area (TPSA) is 200 Å². The lowest BCUT2D eigenvalue weighted by molar-refractivity contribution is -0.307. The molecule has 3 aliphatic rings. The van der Waals surface area contributed by atoms with Gasteiger partial charge in [0, 0.05) is 18.1 Å². The lowest BCUT2D eigenvalue weighted by atomic mass is 9.84. The van der Waals surface area contributed by atoms with Crippen LogP contribution >= 0.6 is 17.0 Å². The third-order valence-electron chi connectivity index (χ3n) is 7.24. The number of nitrogens with two attached hydrogens (primary N) is 3. The van der Waals surface area contributed by atoms with Crippen molar-refractivity contribution in [1.29, 1.82) is 0 Å². The first-order chi connectivity index (χ1) is 15.5. The van der Waals surface area contributed by atoms with Gasteiger partial charge in [-0.1, -0.05) is 0 Å². The van der Waals surface area contributed by atoms with Gasteiger partial charge in [0.2, 0.25) is 0 Å². The molecule has 2 aliphatic heterocycles. The quantitative estimate of drug-likeness (QED) is 0.160. The molecule has 11 N–H and O–H groups in total. The molecule has 0 spiro atoms. The van der Waals surface area contributed by atoms with Gasteiger partial charge in [-0.2, -0.15) is 0 Å². The second-order valence-electron chi connectivity index (χ2n) is 9.91. The highest BCUT2D eigenvalue weighted by Gasteiger charge is 2.50. The van der Waals surface area contributed by atoms with Crippen molar-refractivity contribution in [2.45, 2.75) is 112 Å². The molecule has 0 unspecified atom stereocenters. The lowest BCUT2D eigenvalue weighted by Gasteiger charge is -2.48. The second-order valence-corrected chi connectivity index (χ2v) is 9.91. The Bertz CT molecular complexity index is 638. The van der Waals surface area contributed by atoms with Crippen molar-refractivity contribution >= 4 is 17.0 Å². The largest absolute Gasteiger partial charge is 0.388 e. The first kappa shape index (κ1) is 30.2. The van der Waals surface area contributed by atoms with Gasteiger partial charge in [-0.15, -0.1) is 17.0 Å². The van der Waals surface area contributed by atoms with Crippen LogP contribution in [0.5, 0.6) is 0 Å². The first-order valence-electron chi connectivity index (χ1n) is 11.8. The highest BCUT2D eigenvalue weighted by Crippen LogP contribution is 2.31. The van der Waals surface area contributed by atoms with E-state index in [9.17, 15) is 15.3 Å². The number of ether oxygens (including phenoxy) is 4. The van der Waals surface area contributed by atoms with Crippen LogP contribution < -0.4 is 27.8 Å². The lowest BCUT2D eigenvalue weighted by Crippen LogP contribution is -2.68. The predicted octanol–water partition coefficient (Wildman–Crippen LogP) is -2.75. The minimum absolute atomic E-state index is 0. The normalized spacial score (nSPS) is 48.7. The summed E-state index contributed by atoms with van der Waals surface area (Å²) in [6.07, 6.45) is -4.22. The molecule has 3 rings (SSSR count). The molecule has 0 aromatic carbocycles. The molecule has 2 heterocycles. The van der Waals surface area contributed by atoms with Crippen LogP contribution in [0.2, 0.25) is 0 Å². The molecule has 0 bridgehead atoms. The van der Waals surface area contributed by atoms with Crippen molar-refractivity contribution in [3.05, 3.63) is 0 Å². The number of hydrogen-bond acceptors (Lipinski definition) is 12. The molecule has 3 fully saturated rings. The maximum Gasteiger partial charge on any atom is 0.185 e. The van der Waals surface area contributed by atoms with E-state index in [-0.39, 0.29) is 41.8 Å². The van der Waals surface area contributed by atoms with Crippen molar-refractivity contribution < 1.29 is 34.3 Å². The van der Waals surface area contributed by atoms with Crippen molar-refractivity contribution in [3.8, 4) is 0 Å². The highest BCUT2D eigenvalue weighted by molar-refractivity contribution is 8.93. The van der Waals surface area contributed by atoms with Crippen molar-refractivity contribution in [3.63, 3.8) is 0 Å².